The quantitative estimate of drug-likeness (QED) is 0.394. The lowest BCUT2D eigenvalue weighted by Crippen LogP contribution is -2.41. The maximum absolute atomic E-state index is 12.9. The molecule has 5 nitrogen and oxygen atoms in total. The van der Waals surface area contributed by atoms with Crippen LogP contribution in [0.3, 0.4) is 0 Å². The second-order valence-corrected chi connectivity index (χ2v) is 10.9. The van der Waals surface area contributed by atoms with Crippen molar-refractivity contribution in [2.45, 2.75) is 51.7 Å². The summed E-state index contributed by atoms with van der Waals surface area (Å²) in [6.45, 7) is 10.7. The molecule has 2 aliphatic rings. The minimum Gasteiger partial charge on any atom is -0.449 e. The number of amides is 1. The van der Waals surface area contributed by atoms with Gasteiger partial charge in [-0.05, 0) is 67.9 Å². The van der Waals surface area contributed by atoms with Crippen LogP contribution in [-0.4, -0.2) is 37.6 Å². The molecule has 6 heteroatoms. The van der Waals surface area contributed by atoms with Gasteiger partial charge in [0.05, 0.1) is 11.2 Å². The average Bonchev–Trinajstić information content (AvgIpc) is 3.29. The molecular weight excluding hydrogens is 461 g/mol. The molecule has 0 radical (unpaired) electrons. The van der Waals surface area contributed by atoms with Gasteiger partial charge in [-0.2, -0.15) is 0 Å². The van der Waals surface area contributed by atoms with Crippen molar-refractivity contribution >= 4 is 19.3 Å². The van der Waals surface area contributed by atoms with Gasteiger partial charge in [-0.3, -0.25) is 0 Å². The van der Waals surface area contributed by atoms with E-state index >= 15 is 0 Å². The molecule has 0 atom stereocenters. The van der Waals surface area contributed by atoms with Crippen LogP contribution in [-0.2, 0) is 14.0 Å². The van der Waals surface area contributed by atoms with E-state index in [1.54, 1.807) is 0 Å². The maximum Gasteiger partial charge on any atom is 0.492 e. The first-order valence-electron chi connectivity index (χ1n) is 12.9. The predicted octanol–water partition coefficient (Wildman–Crippen LogP) is 6.55. The average molecular weight is 495 g/mol. The van der Waals surface area contributed by atoms with Crippen LogP contribution in [0.25, 0.3) is 17.2 Å². The zero-order chi connectivity index (χ0) is 26.2. The Morgan fingerprint density at radius 3 is 2.11 bits per heavy atom. The summed E-state index contributed by atoms with van der Waals surface area (Å²) in [6.07, 6.45) is 1.56. The van der Waals surface area contributed by atoms with Gasteiger partial charge in [-0.15, -0.1) is 0 Å². The molecule has 5 rings (SSSR count). The van der Waals surface area contributed by atoms with Crippen LogP contribution >= 0.6 is 0 Å². The molecule has 3 aromatic carbocycles. The van der Waals surface area contributed by atoms with Crippen LogP contribution in [0.4, 0.5) is 4.79 Å². The maximum atomic E-state index is 12.9. The van der Waals surface area contributed by atoms with Gasteiger partial charge in [0, 0.05) is 12.5 Å². The number of ether oxygens (including phenoxy) is 1. The van der Waals surface area contributed by atoms with E-state index in [0.29, 0.717) is 0 Å². The Kier molecular flexibility index (Phi) is 6.73. The largest absolute Gasteiger partial charge is 0.492 e. The lowest BCUT2D eigenvalue weighted by atomic mass is 9.77. The van der Waals surface area contributed by atoms with Crippen LogP contribution in [0.1, 0.15) is 55.9 Å². The summed E-state index contributed by atoms with van der Waals surface area (Å²) in [5.74, 6) is 0.0172. The highest BCUT2D eigenvalue weighted by Gasteiger charge is 2.52. The number of nitrogens with one attached hydrogen (secondary N) is 1. The number of alkyl carbamates (subject to hydrolysis) is 1. The Balaban J connectivity index is 1.29. The van der Waals surface area contributed by atoms with Gasteiger partial charge < -0.3 is 19.4 Å². The van der Waals surface area contributed by atoms with Crippen molar-refractivity contribution in [1.29, 1.82) is 0 Å². The zero-order valence-corrected chi connectivity index (χ0v) is 22.2. The van der Waals surface area contributed by atoms with E-state index in [1.165, 1.54) is 22.3 Å². The summed E-state index contributed by atoms with van der Waals surface area (Å²) < 4.78 is 18.3. The van der Waals surface area contributed by atoms with Crippen molar-refractivity contribution in [2.75, 3.05) is 13.2 Å². The van der Waals surface area contributed by atoms with Crippen molar-refractivity contribution in [2.24, 2.45) is 0 Å². The molecule has 1 heterocycles. The number of aryl methyl sites for hydroxylation is 1. The minimum atomic E-state index is -0.570. The van der Waals surface area contributed by atoms with E-state index in [0.717, 1.165) is 16.6 Å². The Hall–Kier alpha value is -3.35. The van der Waals surface area contributed by atoms with Crippen LogP contribution < -0.4 is 5.32 Å². The molecule has 1 fully saturated rings. The van der Waals surface area contributed by atoms with Gasteiger partial charge in [0.15, 0.2) is 0 Å². The molecule has 1 aliphatic heterocycles. The van der Waals surface area contributed by atoms with Crippen molar-refractivity contribution in [3.8, 4) is 11.1 Å². The van der Waals surface area contributed by atoms with E-state index in [9.17, 15) is 4.79 Å². The number of carbonyl (C=O) groups is 1. The third-order valence-electron chi connectivity index (χ3n) is 7.73. The SMILES string of the molecule is Cc1cccc(C=C(CNC(=O)OCC2c3ccccc3-c3ccccc32)B2OC(C)(C)C(C)(C)O2)c1. The summed E-state index contributed by atoms with van der Waals surface area (Å²) in [5.41, 5.74) is 6.85. The normalized spacial score (nSPS) is 17.9. The fourth-order valence-electron chi connectivity index (χ4n) is 4.99. The first-order valence-corrected chi connectivity index (χ1v) is 12.9. The number of hydrogen-bond donors (Lipinski definition) is 1. The highest BCUT2D eigenvalue weighted by Crippen LogP contribution is 2.44. The molecular formula is C31H34BNO4. The summed E-state index contributed by atoms with van der Waals surface area (Å²) in [5, 5.41) is 2.93. The fraction of sp³-hybridized carbons (Fsp3) is 0.323. The first-order chi connectivity index (χ1) is 17.6. The van der Waals surface area contributed by atoms with Crippen molar-refractivity contribution < 1.29 is 18.8 Å². The van der Waals surface area contributed by atoms with Crippen LogP contribution in [0, 0.1) is 6.92 Å². The third kappa shape index (κ3) is 5.09. The number of carbonyl (C=O) groups excluding carboxylic acids is 1. The second kappa shape index (κ2) is 9.84. The standard InChI is InChI=1S/C31H34BNO4/c1-21-11-10-12-22(17-21)18-23(32-36-30(2,3)31(4,5)37-32)19-33-29(34)35-20-28-26-15-8-6-13-24(26)25-14-7-9-16-27(25)28/h6-18,28H,19-20H2,1-5H3,(H,33,34). The lowest BCUT2D eigenvalue weighted by Gasteiger charge is -2.32. The van der Waals surface area contributed by atoms with Gasteiger partial charge in [0.25, 0.3) is 0 Å². The van der Waals surface area contributed by atoms with Crippen molar-refractivity contribution in [3.05, 3.63) is 101 Å². The van der Waals surface area contributed by atoms with Gasteiger partial charge in [0.2, 0.25) is 0 Å². The molecule has 0 spiro atoms. The van der Waals surface area contributed by atoms with E-state index < -0.39 is 24.4 Å². The number of hydrogen-bond acceptors (Lipinski definition) is 4. The van der Waals surface area contributed by atoms with E-state index in [4.69, 9.17) is 14.0 Å². The molecule has 0 bridgehead atoms. The summed E-state index contributed by atoms with van der Waals surface area (Å²) in [6, 6.07) is 24.8. The highest BCUT2D eigenvalue weighted by molar-refractivity contribution is 6.56. The highest BCUT2D eigenvalue weighted by atomic mass is 16.7. The van der Waals surface area contributed by atoms with Crippen molar-refractivity contribution in [3.63, 3.8) is 0 Å². The zero-order valence-electron chi connectivity index (χ0n) is 22.2. The predicted molar refractivity (Wildman–Crippen MR) is 148 cm³/mol. The monoisotopic (exact) mass is 495 g/mol. The van der Waals surface area contributed by atoms with Gasteiger partial charge in [-0.1, -0.05) is 84.4 Å². The molecule has 190 valence electrons. The Morgan fingerprint density at radius 1 is 0.919 bits per heavy atom. The smallest absolute Gasteiger partial charge is 0.449 e. The second-order valence-electron chi connectivity index (χ2n) is 10.9. The Labute approximate surface area is 220 Å². The Bertz CT molecular complexity index is 1280. The van der Waals surface area contributed by atoms with E-state index in [-0.39, 0.29) is 19.1 Å². The molecule has 37 heavy (non-hydrogen) atoms. The van der Waals surface area contributed by atoms with Crippen LogP contribution in [0.5, 0.6) is 0 Å². The molecule has 3 aromatic rings. The number of fused-ring (bicyclic) bond motifs is 3. The molecule has 0 unspecified atom stereocenters. The van der Waals surface area contributed by atoms with Gasteiger partial charge in [-0.25, -0.2) is 4.79 Å². The van der Waals surface area contributed by atoms with E-state index in [2.05, 4.69) is 48.6 Å². The summed E-state index contributed by atoms with van der Waals surface area (Å²) >= 11 is 0. The molecule has 1 N–H and O–H groups in total. The minimum absolute atomic E-state index is 0.0172. The number of benzene rings is 3. The molecule has 0 aromatic heterocycles. The molecule has 1 amide bonds. The molecule has 1 saturated heterocycles. The van der Waals surface area contributed by atoms with Crippen LogP contribution in [0.15, 0.2) is 78.3 Å². The topological polar surface area (TPSA) is 56.8 Å². The molecule has 0 saturated carbocycles. The molecule has 1 aliphatic carbocycles. The Morgan fingerprint density at radius 2 is 1.51 bits per heavy atom. The van der Waals surface area contributed by atoms with Crippen LogP contribution in [0.2, 0.25) is 0 Å². The summed E-state index contributed by atoms with van der Waals surface area (Å²) in [7, 11) is -0.570. The number of rotatable bonds is 6. The van der Waals surface area contributed by atoms with Gasteiger partial charge >= 0.3 is 13.2 Å². The fourth-order valence-corrected chi connectivity index (χ4v) is 4.99. The lowest BCUT2D eigenvalue weighted by molar-refractivity contribution is 0.00578. The van der Waals surface area contributed by atoms with Crippen molar-refractivity contribution in [1.82, 2.24) is 5.32 Å². The summed E-state index contributed by atoms with van der Waals surface area (Å²) in [4.78, 5) is 12.9. The van der Waals surface area contributed by atoms with Gasteiger partial charge in [0.1, 0.15) is 6.61 Å². The van der Waals surface area contributed by atoms with E-state index in [1.807, 2.05) is 70.2 Å². The third-order valence-corrected chi connectivity index (χ3v) is 7.73. The first kappa shape index (κ1) is 25.3.